The summed E-state index contributed by atoms with van der Waals surface area (Å²) < 4.78 is 11.2. The quantitative estimate of drug-likeness (QED) is 0.286. The van der Waals surface area contributed by atoms with Crippen LogP contribution in [0, 0.1) is 17.8 Å². The molecule has 3 rings (SSSR count). The number of rotatable bonds is 11. The molecule has 0 bridgehead atoms. The summed E-state index contributed by atoms with van der Waals surface area (Å²) in [5, 5.41) is 6.31. The lowest BCUT2D eigenvalue weighted by molar-refractivity contribution is -0.120. The highest BCUT2D eigenvalue weighted by atomic mass is 16.6. The number of nitrogens with one attached hydrogen (secondary N) is 2. The van der Waals surface area contributed by atoms with E-state index in [1.807, 2.05) is 53.7 Å². The first kappa shape index (κ1) is 34.1. The molecule has 3 atom stereocenters. The number of anilines is 1. The van der Waals surface area contributed by atoms with Crippen LogP contribution in [0.3, 0.4) is 0 Å². The lowest BCUT2D eigenvalue weighted by Gasteiger charge is -2.41. The molecule has 0 saturated carbocycles. The number of hydrogen-bond donors (Lipinski definition) is 2. The van der Waals surface area contributed by atoms with Gasteiger partial charge in [0.2, 0.25) is 5.91 Å². The number of nitrogens with zero attached hydrogens (tertiary/aromatic N) is 3. The highest BCUT2D eigenvalue weighted by Crippen LogP contribution is 2.34. The molecular weight excluding hydrogens is 546 g/mol. The molecule has 1 aliphatic heterocycles. The lowest BCUT2D eigenvalue weighted by atomic mass is 9.77. The van der Waals surface area contributed by atoms with Crippen molar-refractivity contribution in [3.05, 3.63) is 41.7 Å². The van der Waals surface area contributed by atoms with Crippen molar-refractivity contribution >= 4 is 23.6 Å². The van der Waals surface area contributed by atoms with E-state index >= 15 is 0 Å². The second-order valence-electron chi connectivity index (χ2n) is 14.3. The molecule has 1 aliphatic rings. The number of amides is 2. The zero-order chi connectivity index (χ0) is 31.9. The van der Waals surface area contributed by atoms with Crippen LogP contribution in [0.2, 0.25) is 0 Å². The van der Waals surface area contributed by atoms with Gasteiger partial charge >= 0.3 is 6.09 Å². The van der Waals surface area contributed by atoms with E-state index in [9.17, 15) is 14.4 Å². The summed E-state index contributed by atoms with van der Waals surface area (Å²) in [6.45, 7) is 18.7. The summed E-state index contributed by atoms with van der Waals surface area (Å²) in [5.41, 5.74) is -0.500. The zero-order valence-electron chi connectivity index (χ0n) is 27.5. The van der Waals surface area contributed by atoms with Crippen LogP contribution < -0.4 is 10.6 Å². The number of hydrogen-bond acceptors (Lipinski definition) is 8. The summed E-state index contributed by atoms with van der Waals surface area (Å²) in [5.74, 6) is 2.09. The van der Waals surface area contributed by atoms with Crippen molar-refractivity contribution in [2.24, 2.45) is 17.8 Å². The molecular formula is C33H51N5O5. The summed E-state index contributed by atoms with van der Waals surface area (Å²) >= 11 is 0. The van der Waals surface area contributed by atoms with Crippen LogP contribution in [-0.4, -0.2) is 57.4 Å². The van der Waals surface area contributed by atoms with E-state index in [1.165, 1.54) is 6.92 Å². The van der Waals surface area contributed by atoms with E-state index in [-0.39, 0.29) is 41.4 Å². The Morgan fingerprint density at radius 1 is 1.12 bits per heavy atom. The Kier molecular flexibility index (Phi) is 11.4. The number of ether oxygens (including phenoxy) is 1. The number of piperidine rings is 1. The molecule has 2 amide bonds. The number of carbonyl (C=O) groups excluding carboxylic acids is 3. The molecule has 2 aromatic heterocycles. The molecule has 10 heteroatoms. The van der Waals surface area contributed by atoms with Gasteiger partial charge in [0.15, 0.2) is 5.78 Å². The monoisotopic (exact) mass is 597 g/mol. The molecule has 0 aromatic carbocycles. The Labute approximate surface area is 256 Å². The van der Waals surface area contributed by atoms with Crippen molar-refractivity contribution < 1.29 is 23.5 Å². The minimum atomic E-state index is -0.640. The maximum Gasteiger partial charge on any atom is 0.410 e. The van der Waals surface area contributed by atoms with E-state index in [1.54, 1.807) is 17.4 Å². The van der Waals surface area contributed by atoms with Crippen molar-refractivity contribution in [2.75, 3.05) is 18.4 Å². The van der Waals surface area contributed by atoms with Crippen LogP contribution in [0.5, 0.6) is 0 Å². The second kappa shape index (κ2) is 14.4. The molecule has 1 unspecified atom stereocenters. The molecule has 1 saturated heterocycles. The fourth-order valence-corrected chi connectivity index (χ4v) is 5.41. The fraction of sp³-hybridized carbons (Fsp3) is 0.667. The van der Waals surface area contributed by atoms with E-state index in [0.29, 0.717) is 49.2 Å². The van der Waals surface area contributed by atoms with Gasteiger partial charge in [0.1, 0.15) is 23.0 Å². The standard InChI is InChI=1S/C33H51N5O5/c1-21(2)12-13-23(24-15-25(36-22(3)39)20-38(19-24)31(41)43-33(7,8)9)16-28(40)27-18-35-30(32(4,5)6)37-29(27)34-17-26-11-10-14-42-26/h10-11,14,18,21,23-25H,12-13,15-17,19-20H2,1-9H3,(H,36,39)(H,34,35,37)/t23?,24-,25+/m0/s1. The van der Waals surface area contributed by atoms with E-state index in [2.05, 4.69) is 29.5 Å². The van der Waals surface area contributed by atoms with Crippen molar-refractivity contribution in [1.29, 1.82) is 0 Å². The molecule has 1 fully saturated rings. The third-order valence-corrected chi connectivity index (χ3v) is 7.54. The predicted octanol–water partition coefficient (Wildman–Crippen LogP) is 6.37. The third-order valence-electron chi connectivity index (χ3n) is 7.54. The number of aromatic nitrogens is 2. The van der Waals surface area contributed by atoms with Gasteiger partial charge in [-0.3, -0.25) is 9.59 Å². The molecule has 43 heavy (non-hydrogen) atoms. The largest absolute Gasteiger partial charge is 0.467 e. The minimum absolute atomic E-state index is 0.00452. The van der Waals surface area contributed by atoms with Crippen molar-refractivity contribution in [3.8, 4) is 0 Å². The second-order valence-corrected chi connectivity index (χ2v) is 14.3. The van der Waals surface area contributed by atoms with Gasteiger partial charge in [0, 0.05) is 44.1 Å². The Hall–Kier alpha value is -3.43. The molecule has 2 N–H and O–H groups in total. The van der Waals surface area contributed by atoms with Gasteiger partial charge in [-0.15, -0.1) is 0 Å². The maximum atomic E-state index is 14.0. The first-order valence-corrected chi connectivity index (χ1v) is 15.4. The Morgan fingerprint density at radius 3 is 2.42 bits per heavy atom. The summed E-state index contributed by atoms with van der Waals surface area (Å²) in [6.07, 6.45) is 5.55. The van der Waals surface area contributed by atoms with E-state index in [4.69, 9.17) is 14.1 Å². The molecule has 3 heterocycles. The van der Waals surface area contributed by atoms with Gasteiger partial charge < -0.3 is 24.7 Å². The lowest BCUT2D eigenvalue weighted by Crippen LogP contribution is -2.54. The van der Waals surface area contributed by atoms with Crippen LogP contribution in [0.1, 0.15) is 110 Å². The Morgan fingerprint density at radius 2 is 1.84 bits per heavy atom. The van der Waals surface area contributed by atoms with Crippen LogP contribution in [0.4, 0.5) is 10.6 Å². The normalized spacial score (nSPS) is 18.3. The van der Waals surface area contributed by atoms with Crippen LogP contribution >= 0.6 is 0 Å². The zero-order valence-corrected chi connectivity index (χ0v) is 27.5. The first-order chi connectivity index (χ1) is 20.0. The van der Waals surface area contributed by atoms with Gasteiger partial charge in [-0.1, -0.05) is 41.0 Å². The molecule has 0 spiro atoms. The highest BCUT2D eigenvalue weighted by molar-refractivity contribution is 6.00. The summed E-state index contributed by atoms with van der Waals surface area (Å²) in [7, 11) is 0. The van der Waals surface area contributed by atoms with Crippen LogP contribution in [-0.2, 0) is 21.5 Å². The maximum absolute atomic E-state index is 14.0. The topological polar surface area (TPSA) is 127 Å². The average Bonchev–Trinajstić information content (AvgIpc) is 3.41. The van der Waals surface area contributed by atoms with Gasteiger partial charge in [-0.25, -0.2) is 14.8 Å². The van der Waals surface area contributed by atoms with E-state index < -0.39 is 11.7 Å². The summed E-state index contributed by atoms with van der Waals surface area (Å²) in [6, 6.07) is 3.47. The third kappa shape index (κ3) is 10.7. The highest BCUT2D eigenvalue weighted by Gasteiger charge is 2.37. The van der Waals surface area contributed by atoms with Gasteiger partial charge in [-0.05, 0) is 63.5 Å². The van der Waals surface area contributed by atoms with E-state index in [0.717, 1.165) is 18.6 Å². The van der Waals surface area contributed by atoms with Crippen molar-refractivity contribution in [2.45, 2.75) is 112 Å². The minimum Gasteiger partial charge on any atom is -0.467 e. The molecule has 10 nitrogen and oxygen atoms in total. The van der Waals surface area contributed by atoms with Gasteiger partial charge in [0.25, 0.3) is 0 Å². The Bertz CT molecular complexity index is 1230. The van der Waals surface area contributed by atoms with Crippen LogP contribution in [0.15, 0.2) is 29.0 Å². The molecule has 0 radical (unpaired) electrons. The predicted molar refractivity (Wildman–Crippen MR) is 167 cm³/mol. The SMILES string of the molecule is CC(=O)N[C@@H]1C[C@H](C(CCC(C)C)CC(=O)c2cnc(C(C)(C)C)nc2NCc2ccco2)CN(C(=O)OC(C)(C)C)C1. The number of ketones is 1. The summed E-state index contributed by atoms with van der Waals surface area (Å²) in [4.78, 5) is 50.2. The van der Waals surface area contributed by atoms with Gasteiger partial charge in [-0.2, -0.15) is 0 Å². The number of likely N-dealkylation sites (tertiary alicyclic amines) is 1. The number of Topliss-reactive ketones (excluding diaryl/α,β-unsaturated/α-hetero) is 1. The Balaban J connectivity index is 1.90. The fourth-order valence-electron chi connectivity index (χ4n) is 5.41. The number of carbonyl (C=O) groups is 3. The average molecular weight is 598 g/mol. The number of furan rings is 1. The molecule has 0 aliphatic carbocycles. The molecule has 2 aromatic rings. The van der Waals surface area contributed by atoms with Gasteiger partial charge in [0.05, 0.1) is 18.4 Å². The van der Waals surface area contributed by atoms with Crippen LogP contribution in [0.25, 0.3) is 0 Å². The van der Waals surface area contributed by atoms with Crippen molar-refractivity contribution in [3.63, 3.8) is 0 Å². The van der Waals surface area contributed by atoms with Crippen molar-refractivity contribution in [1.82, 2.24) is 20.2 Å². The molecule has 238 valence electrons. The smallest absolute Gasteiger partial charge is 0.410 e. The first-order valence-electron chi connectivity index (χ1n) is 15.4.